The number of nitriles is 1. The number of hydrogen-bond donors (Lipinski definition) is 0. The van der Waals surface area contributed by atoms with Crippen LogP contribution in [-0.2, 0) is 16.0 Å². The summed E-state index contributed by atoms with van der Waals surface area (Å²) >= 11 is 0. The first-order valence-electron chi connectivity index (χ1n) is 9.19. The summed E-state index contributed by atoms with van der Waals surface area (Å²) in [6, 6.07) is 11.3. The van der Waals surface area contributed by atoms with Crippen LogP contribution in [0.1, 0.15) is 63.0 Å². The zero-order valence-corrected chi connectivity index (χ0v) is 14.5. The second-order valence-corrected chi connectivity index (χ2v) is 8.14. The molecule has 3 aliphatic carbocycles. The fraction of sp³-hybridized carbons (Fsp3) is 0.619. The van der Waals surface area contributed by atoms with Crippen molar-refractivity contribution < 1.29 is 9.53 Å². The van der Waals surface area contributed by atoms with Crippen LogP contribution in [0.15, 0.2) is 24.3 Å². The fourth-order valence-corrected chi connectivity index (χ4v) is 6.14. The van der Waals surface area contributed by atoms with E-state index in [0.717, 1.165) is 25.7 Å². The first-order valence-corrected chi connectivity index (χ1v) is 9.19. The van der Waals surface area contributed by atoms with Crippen LogP contribution in [-0.4, -0.2) is 11.6 Å². The van der Waals surface area contributed by atoms with Gasteiger partial charge < -0.3 is 4.74 Å². The lowest BCUT2D eigenvalue weighted by Crippen LogP contribution is -2.52. The van der Waals surface area contributed by atoms with Gasteiger partial charge in [0, 0.05) is 18.8 Å². The van der Waals surface area contributed by atoms with E-state index in [1.165, 1.54) is 24.5 Å². The van der Waals surface area contributed by atoms with Gasteiger partial charge in [-0.25, -0.2) is 0 Å². The molecule has 0 N–H and O–H groups in total. The highest BCUT2D eigenvalue weighted by molar-refractivity contribution is 5.67. The molecular weight excluding hydrogens is 298 g/mol. The van der Waals surface area contributed by atoms with Gasteiger partial charge in [0.25, 0.3) is 0 Å². The maximum atomic E-state index is 11.7. The second-order valence-electron chi connectivity index (χ2n) is 8.14. The zero-order chi connectivity index (χ0) is 16.9. The molecule has 1 aromatic carbocycles. The Morgan fingerprint density at radius 1 is 1.25 bits per heavy atom. The Bertz CT molecular complexity index is 721. The molecule has 0 amide bonds. The number of fused-ring (bicyclic) bond motifs is 5. The Kier molecular flexibility index (Phi) is 3.49. The van der Waals surface area contributed by atoms with Crippen LogP contribution < -0.4 is 0 Å². The average Bonchev–Trinajstić information content (AvgIpc) is 2.87. The Hall–Kier alpha value is -1.82. The molecular formula is C21H25NO2. The van der Waals surface area contributed by atoms with E-state index in [0.29, 0.717) is 24.2 Å². The van der Waals surface area contributed by atoms with Crippen molar-refractivity contribution in [2.24, 2.45) is 17.3 Å². The molecule has 2 saturated carbocycles. The van der Waals surface area contributed by atoms with Crippen LogP contribution in [0.25, 0.3) is 0 Å². The number of aryl methyl sites for hydroxylation is 1. The van der Waals surface area contributed by atoms with Gasteiger partial charge in [-0.15, -0.1) is 0 Å². The number of rotatable bonds is 1. The third-order valence-corrected chi connectivity index (χ3v) is 7.26. The molecule has 0 radical (unpaired) electrons. The molecule has 4 rings (SSSR count). The summed E-state index contributed by atoms with van der Waals surface area (Å²) in [6.07, 6.45) is 6.09. The predicted octanol–water partition coefficient (Wildman–Crippen LogP) is 4.37. The number of carbonyl (C=O) groups excluding carboxylic acids is 1. The van der Waals surface area contributed by atoms with Crippen molar-refractivity contribution in [1.29, 1.82) is 5.26 Å². The quantitative estimate of drug-likeness (QED) is 0.721. The number of esters is 1. The summed E-state index contributed by atoms with van der Waals surface area (Å²) < 4.78 is 5.67. The lowest BCUT2D eigenvalue weighted by Gasteiger charge is -2.52. The van der Waals surface area contributed by atoms with Gasteiger partial charge in [0.1, 0.15) is 6.07 Å². The largest absolute Gasteiger partial charge is 0.443 e. The highest BCUT2D eigenvalue weighted by Crippen LogP contribution is 2.65. The molecule has 1 aromatic rings. The fourth-order valence-electron chi connectivity index (χ4n) is 6.14. The van der Waals surface area contributed by atoms with Crippen molar-refractivity contribution in [2.75, 3.05) is 0 Å². The zero-order valence-electron chi connectivity index (χ0n) is 14.5. The van der Waals surface area contributed by atoms with Crippen LogP contribution in [0.4, 0.5) is 0 Å². The number of ether oxygens (including phenoxy) is 1. The van der Waals surface area contributed by atoms with E-state index in [2.05, 4.69) is 37.3 Å². The normalized spacial score (nSPS) is 40.0. The van der Waals surface area contributed by atoms with Gasteiger partial charge in [-0.3, -0.25) is 4.79 Å². The van der Waals surface area contributed by atoms with Gasteiger partial charge >= 0.3 is 5.97 Å². The average molecular weight is 323 g/mol. The molecule has 0 unspecified atom stereocenters. The van der Waals surface area contributed by atoms with E-state index >= 15 is 0 Å². The second kappa shape index (κ2) is 5.34. The van der Waals surface area contributed by atoms with E-state index in [1.54, 1.807) is 0 Å². The highest BCUT2D eigenvalue weighted by Gasteiger charge is 2.64. The topological polar surface area (TPSA) is 50.1 Å². The molecule has 0 aromatic heterocycles. The molecule has 5 atom stereocenters. The van der Waals surface area contributed by atoms with Crippen molar-refractivity contribution in [3.05, 3.63) is 35.4 Å². The molecule has 0 bridgehead atoms. The number of hydrogen-bond acceptors (Lipinski definition) is 3. The van der Waals surface area contributed by atoms with Gasteiger partial charge in [0.05, 0.1) is 0 Å². The monoisotopic (exact) mass is 323 g/mol. The van der Waals surface area contributed by atoms with Crippen molar-refractivity contribution in [3.63, 3.8) is 0 Å². The molecule has 0 aliphatic heterocycles. The van der Waals surface area contributed by atoms with Crippen LogP contribution in [0.2, 0.25) is 0 Å². The molecule has 0 saturated heterocycles. The van der Waals surface area contributed by atoms with Crippen LogP contribution in [0.5, 0.6) is 0 Å². The van der Waals surface area contributed by atoms with E-state index < -0.39 is 5.60 Å². The summed E-state index contributed by atoms with van der Waals surface area (Å²) in [4.78, 5) is 11.7. The summed E-state index contributed by atoms with van der Waals surface area (Å²) in [5.74, 6) is 1.38. The first kappa shape index (κ1) is 15.7. The van der Waals surface area contributed by atoms with Crippen molar-refractivity contribution >= 4 is 5.97 Å². The number of nitrogens with zero attached hydrogens (tertiary/aromatic N) is 1. The third-order valence-electron chi connectivity index (χ3n) is 7.26. The van der Waals surface area contributed by atoms with E-state index in [-0.39, 0.29) is 11.4 Å². The number of carbonyl (C=O) groups is 1. The van der Waals surface area contributed by atoms with E-state index in [9.17, 15) is 10.1 Å². The minimum Gasteiger partial charge on any atom is -0.443 e. The molecule has 3 nitrogen and oxygen atoms in total. The smallest absolute Gasteiger partial charge is 0.304 e. The summed E-state index contributed by atoms with van der Waals surface area (Å²) in [5.41, 5.74) is 1.90. The molecule has 3 aliphatic rings. The van der Waals surface area contributed by atoms with E-state index in [4.69, 9.17) is 4.74 Å². The van der Waals surface area contributed by atoms with Crippen molar-refractivity contribution in [3.8, 4) is 6.07 Å². The molecule has 24 heavy (non-hydrogen) atoms. The van der Waals surface area contributed by atoms with Gasteiger partial charge in [-0.1, -0.05) is 31.2 Å². The van der Waals surface area contributed by atoms with Gasteiger partial charge in [-0.05, 0) is 61.0 Å². The SMILES string of the molecule is CC(=O)O[C@]1(C#N)CC[C@H]2[C@@H]3CCc4ccccc4[C@H]3CC[C@@]21C. The highest BCUT2D eigenvalue weighted by atomic mass is 16.6. The van der Waals surface area contributed by atoms with Gasteiger partial charge in [0.15, 0.2) is 0 Å². The maximum absolute atomic E-state index is 11.7. The minimum absolute atomic E-state index is 0.207. The van der Waals surface area contributed by atoms with Crippen LogP contribution in [0, 0.1) is 28.6 Å². The lowest BCUT2D eigenvalue weighted by atomic mass is 9.53. The van der Waals surface area contributed by atoms with Gasteiger partial charge in [0.2, 0.25) is 5.60 Å². The maximum Gasteiger partial charge on any atom is 0.304 e. The molecule has 3 heteroatoms. The van der Waals surface area contributed by atoms with Gasteiger partial charge in [-0.2, -0.15) is 5.26 Å². The Balaban J connectivity index is 1.70. The lowest BCUT2D eigenvalue weighted by molar-refractivity contribution is -0.166. The van der Waals surface area contributed by atoms with Crippen molar-refractivity contribution in [2.45, 2.75) is 63.9 Å². The summed E-state index contributed by atoms with van der Waals surface area (Å²) in [7, 11) is 0. The summed E-state index contributed by atoms with van der Waals surface area (Å²) in [5, 5.41) is 9.90. The van der Waals surface area contributed by atoms with Crippen LogP contribution >= 0.6 is 0 Å². The third kappa shape index (κ3) is 1.98. The number of benzene rings is 1. The Morgan fingerprint density at radius 2 is 2.04 bits per heavy atom. The van der Waals surface area contributed by atoms with Crippen LogP contribution in [0.3, 0.4) is 0 Å². The van der Waals surface area contributed by atoms with E-state index in [1.807, 2.05) is 0 Å². The molecule has 0 heterocycles. The predicted molar refractivity (Wildman–Crippen MR) is 91.2 cm³/mol. The first-order chi connectivity index (χ1) is 11.5. The Morgan fingerprint density at radius 3 is 2.79 bits per heavy atom. The molecule has 2 fully saturated rings. The Labute approximate surface area is 144 Å². The minimum atomic E-state index is -0.925. The summed E-state index contributed by atoms with van der Waals surface area (Å²) in [6.45, 7) is 3.63. The van der Waals surface area contributed by atoms with Crippen molar-refractivity contribution in [1.82, 2.24) is 0 Å². The molecule has 0 spiro atoms. The standard InChI is InChI=1S/C21H25NO2/c1-14(23)24-21(13-22)12-10-19-18-8-7-15-5-3-4-6-16(15)17(18)9-11-20(19,21)2/h3-6,17-19H,7-12H2,1-2H3/t17-,18-,19+,20+,21+/m1/s1. The molecule has 126 valence electrons.